The van der Waals surface area contributed by atoms with E-state index >= 15 is 0 Å². The molecule has 0 unspecified atom stereocenters. The summed E-state index contributed by atoms with van der Waals surface area (Å²) in [5, 5.41) is 12.1. The SMILES string of the molecule is CC.CC(=O)OCc1ccc(NC(C)C)c(OCCO)c1. The van der Waals surface area contributed by atoms with Gasteiger partial charge < -0.3 is 19.9 Å². The fourth-order valence-corrected chi connectivity index (χ4v) is 1.55. The third-order valence-corrected chi connectivity index (χ3v) is 2.28. The second-order valence-electron chi connectivity index (χ2n) is 4.48. The summed E-state index contributed by atoms with van der Waals surface area (Å²) in [6.45, 7) is 9.83. The molecule has 1 aromatic rings. The van der Waals surface area contributed by atoms with Crippen molar-refractivity contribution >= 4 is 11.7 Å². The molecular formula is C16H27NO4. The molecule has 5 nitrogen and oxygen atoms in total. The van der Waals surface area contributed by atoms with Gasteiger partial charge in [-0.2, -0.15) is 0 Å². The molecule has 0 bridgehead atoms. The van der Waals surface area contributed by atoms with Crippen molar-refractivity contribution in [2.45, 2.75) is 47.3 Å². The molecule has 120 valence electrons. The van der Waals surface area contributed by atoms with Crippen LogP contribution in [0.25, 0.3) is 0 Å². The second-order valence-corrected chi connectivity index (χ2v) is 4.48. The molecule has 0 spiro atoms. The predicted molar refractivity (Wildman–Crippen MR) is 84.6 cm³/mol. The number of carbonyl (C=O) groups is 1. The van der Waals surface area contributed by atoms with Crippen LogP contribution >= 0.6 is 0 Å². The first kappa shape index (κ1) is 19.2. The average Bonchev–Trinajstić information content (AvgIpc) is 2.46. The molecule has 0 amide bonds. The number of nitrogens with one attached hydrogen (secondary N) is 1. The average molecular weight is 297 g/mol. The lowest BCUT2D eigenvalue weighted by atomic mass is 10.2. The Hall–Kier alpha value is -1.75. The standard InChI is InChI=1S/C14H21NO4.C2H6/c1-10(2)15-13-5-4-12(9-19-11(3)17)8-14(13)18-7-6-16;1-2/h4-5,8,10,15-16H,6-7,9H2,1-3H3;1-2H3. The fourth-order valence-electron chi connectivity index (χ4n) is 1.55. The number of hydrogen-bond donors (Lipinski definition) is 2. The van der Waals surface area contributed by atoms with E-state index in [1.807, 2.05) is 45.9 Å². The summed E-state index contributed by atoms with van der Waals surface area (Å²) in [6, 6.07) is 5.84. The monoisotopic (exact) mass is 297 g/mol. The van der Waals surface area contributed by atoms with E-state index in [1.165, 1.54) is 6.92 Å². The van der Waals surface area contributed by atoms with Gasteiger partial charge in [-0.25, -0.2) is 0 Å². The predicted octanol–water partition coefficient (Wildman–Crippen LogP) is 2.97. The third-order valence-electron chi connectivity index (χ3n) is 2.28. The Labute approximate surface area is 127 Å². The van der Waals surface area contributed by atoms with Crippen molar-refractivity contribution in [3.8, 4) is 5.75 Å². The zero-order valence-corrected chi connectivity index (χ0v) is 13.6. The van der Waals surface area contributed by atoms with Crippen LogP contribution in [0, 0.1) is 0 Å². The van der Waals surface area contributed by atoms with Crippen LogP contribution in [0.1, 0.15) is 40.2 Å². The van der Waals surface area contributed by atoms with Crippen molar-refractivity contribution in [2.24, 2.45) is 0 Å². The van der Waals surface area contributed by atoms with Crippen LogP contribution in [-0.4, -0.2) is 30.3 Å². The minimum absolute atomic E-state index is 0.0463. The summed E-state index contributed by atoms with van der Waals surface area (Å²) in [6.07, 6.45) is 0. The van der Waals surface area contributed by atoms with Gasteiger partial charge in [0.05, 0.1) is 12.3 Å². The number of aliphatic hydroxyl groups excluding tert-OH is 1. The van der Waals surface area contributed by atoms with E-state index < -0.39 is 0 Å². The Morgan fingerprint density at radius 1 is 1.33 bits per heavy atom. The van der Waals surface area contributed by atoms with Gasteiger partial charge in [-0.05, 0) is 31.5 Å². The van der Waals surface area contributed by atoms with Crippen LogP contribution in [0.2, 0.25) is 0 Å². The number of anilines is 1. The van der Waals surface area contributed by atoms with E-state index in [0.717, 1.165) is 11.3 Å². The van der Waals surface area contributed by atoms with E-state index in [0.29, 0.717) is 5.75 Å². The van der Waals surface area contributed by atoms with Crippen LogP contribution < -0.4 is 10.1 Å². The maximum absolute atomic E-state index is 10.8. The smallest absolute Gasteiger partial charge is 0.302 e. The number of rotatable bonds is 7. The highest BCUT2D eigenvalue weighted by Crippen LogP contribution is 2.27. The largest absolute Gasteiger partial charge is 0.489 e. The number of ether oxygens (including phenoxy) is 2. The molecule has 0 saturated heterocycles. The van der Waals surface area contributed by atoms with Crippen molar-refractivity contribution in [3.05, 3.63) is 23.8 Å². The quantitative estimate of drug-likeness (QED) is 0.757. The van der Waals surface area contributed by atoms with Gasteiger partial charge in [0.2, 0.25) is 0 Å². The molecule has 1 aromatic carbocycles. The van der Waals surface area contributed by atoms with Crippen LogP contribution in [0.15, 0.2) is 18.2 Å². The minimum Gasteiger partial charge on any atom is -0.489 e. The van der Waals surface area contributed by atoms with E-state index in [1.54, 1.807) is 0 Å². The van der Waals surface area contributed by atoms with Gasteiger partial charge in [-0.3, -0.25) is 4.79 Å². The third kappa shape index (κ3) is 8.19. The zero-order chi connectivity index (χ0) is 16.3. The second kappa shape index (κ2) is 11.0. The highest BCUT2D eigenvalue weighted by atomic mass is 16.5. The van der Waals surface area contributed by atoms with Gasteiger partial charge in [-0.15, -0.1) is 0 Å². The van der Waals surface area contributed by atoms with Gasteiger partial charge in [-0.1, -0.05) is 19.9 Å². The van der Waals surface area contributed by atoms with Crippen LogP contribution in [0.4, 0.5) is 5.69 Å². The molecule has 0 fully saturated rings. The summed E-state index contributed by atoms with van der Waals surface area (Å²) in [7, 11) is 0. The Kier molecular flexibility index (Phi) is 10.1. The molecule has 0 aliphatic carbocycles. The molecule has 0 radical (unpaired) electrons. The minimum atomic E-state index is -0.317. The lowest BCUT2D eigenvalue weighted by Gasteiger charge is -2.16. The number of esters is 1. The summed E-state index contributed by atoms with van der Waals surface area (Å²) < 4.78 is 10.4. The van der Waals surface area contributed by atoms with Gasteiger partial charge in [0.15, 0.2) is 0 Å². The maximum atomic E-state index is 10.8. The number of benzene rings is 1. The molecule has 5 heteroatoms. The molecule has 0 aliphatic rings. The zero-order valence-electron chi connectivity index (χ0n) is 13.6. The summed E-state index contributed by atoms with van der Waals surface area (Å²) in [5.41, 5.74) is 1.70. The highest BCUT2D eigenvalue weighted by Gasteiger charge is 2.07. The maximum Gasteiger partial charge on any atom is 0.302 e. The van der Waals surface area contributed by atoms with Crippen molar-refractivity contribution in [2.75, 3.05) is 18.5 Å². The molecule has 21 heavy (non-hydrogen) atoms. The van der Waals surface area contributed by atoms with Crippen LogP contribution in [-0.2, 0) is 16.1 Å². The Morgan fingerprint density at radius 3 is 2.52 bits per heavy atom. The summed E-state index contributed by atoms with van der Waals surface area (Å²) in [5.74, 6) is 0.328. The molecule has 0 aromatic heterocycles. The van der Waals surface area contributed by atoms with E-state index in [2.05, 4.69) is 5.32 Å². The molecule has 1 rings (SSSR count). The Bertz CT molecular complexity index is 419. The summed E-state index contributed by atoms with van der Waals surface area (Å²) in [4.78, 5) is 10.8. The molecule has 0 heterocycles. The topological polar surface area (TPSA) is 67.8 Å². The highest BCUT2D eigenvalue weighted by molar-refractivity contribution is 5.66. The van der Waals surface area contributed by atoms with Gasteiger partial charge in [0.25, 0.3) is 0 Å². The molecule has 0 atom stereocenters. The van der Waals surface area contributed by atoms with Crippen LogP contribution in [0.5, 0.6) is 5.75 Å². The van der Waals surface area contributed by atoms with Gasteiger partial charge in [0, 0.05) is 13.0 Å². The lowest BCUT2D eigenvalue weighted by Crippen LogP contribution is -2.12. The molecule has 0 aliphatic heterocycles. The van der Waals surface area contributed by atoms with Crippen molar-refractivity contribution in [1.82, 2.24) is 0 Å². The Balaban J connectivity index is 0.00000191. The lowest BCUT2D eigenvalue weighted by molar-refractivity contribution is -0.142. The van der Waals surface area contributed by atoms with Crippen molar-refractivity contribution in [1.29, 1.82) is 0 Å². The Morgan fingerprint density at radius 2 is 2.00 bits per heavy atom. The van der Waals surface area contributed by atoms with Gasteiger partial charge >= 0.3 is 5.97 Å². The number of hydrogen-bond acceptors (Lipinski definition) is 5. The van der Waals surface area contributed by atoms with Gasteiger partial charge in [0.1, 0.15) is 19.0 Å². The molecule has 0 saturated carbocycles. The number of carbonyl (C=O) groups excluding carboxylic acids is 1. The fraction of sp³-hybridized carbons (Fsp3) is 0.562. The first-order chi connectivity index (χ1) is 10.0. The normalized spacial score (nSPS) is 9.67. The summed E-state index contributed by atoms with van der Waals surface area (Å²) >= 11 is 0. The molecule has 2 N–H and O–H groups in total. The van der Waals surface area contributed by atoms with E-state index in [4.69, 9.17) is 14.6 Å². The molecular weight excluding hydrogens is 270 g/mol. The number of aliphatic hydroxyl groups is 1. The van der Waals surface area contributed by atoms with E-state index in [-0.39, 0.29) is 31.8 Å². The van der Waals surface area contributed by atoms with Crippen molar-refractivity contribution in [3.63, 3.8) is 0 Å². The van der Waals surface area contributed by atoms with Crippen LogP contribution in [0.3, 0.4) is 0 Å². The van der Waals surface area contributed by atoms with Crippen molar-refractivity contribution < 1.29 is 19.4 Å². The van der Waals surface area contributed by atoms with E-state index in [9.17, 15) is 4.79 Å². The first-order valence-electron chi connectivity index (χ1n) is 7.29. The first-order valence-corrected chi connectivity index (χ1v) is 7.29.